The van der Waals surface area contributed by atoms with Gasteiger partial charge in [-0.3, -0.25) is 4.79 Å². The van der Waals surface area contributed by atoms with E-state index in [1.54, 1.807) is 13.3 Å². The molecule has 0 aliphatic carbocycles. The van der Waals surface area contributed by atoms with Gasteiger partial charge in [-0.2, -0.15) is 0 Å². The molecule has 1 fully saturated rings. The van der Waals surface area contributed by atoms with Gasteiger partial charge in [-0.15, -0.1) is 0 Å². The number of nitrogens with zero attached hydrogens (tertiary/aromatic N) is 3. The van der Waals surface area contributed by atoms with Gasteiger partial charge in [0.05, 0.1) is 18.4 Å². The minimum atomic E-state index is -0.157. The lowest BCUT2D eigenvalue weighted by Gasteiger charge is -2.32. The molecule has 0 radical (unpaired) electrons. The average molecular weight is 445 g/mol. The summed E-state index contributed by atoms with van der Waals surface area (Å²) < 4.78 is 5.25. The first-order valence-electron chi connectivity index (χ1n) is 11.6. The van der Waals surface area contributed by atoms with Crippen LogP contribution in [0, 0.1) is 6.92 Å². The smallest absolute Gasteiger partial charge is 0.254 e. The normalized spacial score (nSPS) is 16.4. The van der Waals surface area contributed by atoms with Crippen LogP contribution in [-0.2, 0) is 13.0 Å². The summed E-state index contributed by atoms with van der Waals surface area (Å²) in [7, 11) is 1.63. The van der Waals surface area contributed by atoms with Gasteiger partial charge < -0.3 is 15.0 Å². The maximum absolute atomic E-state index is 12.7. The highest BCUT2D eigenvalue weighted by Crippen LogP contribution is 2.25. The molecule has 2 aromatic carbocycles. The first-order valence-corrected chi connectivity index (χ1v) is 11.6. The predicted octanol–water partition coefficient (Wildman–Crippen LogP) is 4.15. The quantitative estimate of drug-likeness (QED) is 0.565. The Bertz CT molecular complexity index is 1070. The molecule has 1 saturated heterocycles. The van der Waals surface area contributed by atoms with Gasteiger partial charge in [-0.25, -0.2) is 9.97 Å². The van der Waals surface area contributed by atoms with E-state index in [1.165, 1.54) is 5.56 Å². The molecule has 1 aliphatic rings. The number of benzene rings is 2. The van der Waals surface area contributed by atoms with Crippen LogP contribution in [0.15, 0.2) is 60.8 Å². The number of hydrogen-bond acceptors (Lipinski definition) is 5. The third-order valence-electron chi connectivity index (χ3n) is 6.26. The van der Waals surface area contributed by atoms with Gasteiger partial charge >= 0.3 is 0 Å². The summed E-state index contributed by atoms with van der Waals surface area (Å²) in [6.07, 6.45) is 4.97. The van der Waals surface area contributed by atoms with Crippen LogP contribution in [-0.4, -0.2) is 47.5 Å². The van der Waals surface area contributed by atoms with Gasteiger partial charge in [0.25, 0.3) is 5.91 Å². The first kappa shape index (κ1) is 22.9. The number of carbonyl (C=O) groups is 1. The molecule has 1 aliphatic heterocycles. The summed E-state index contributed by atoms with van der Waals surface area (Å²) in [5.74, 6) is 1.77. The average Bonchev–Trinajstić information content (AvgIpc) is 2.87. The topological polar surface area (TPSA) is 67.3 Å². The van der Waals surface area contributed by atoms with E-state index < -0.39 is 0 Å². The van der Waals surface area contributed by atoms with Crippen LogP contribution in [0.5, 0.6) is 5.75 Å². The molecule has 0 spiro atoms. The molecule has 0 unspecified atom stereocenters. The zero-order valence-electron chi connectivity index (χ0n) is 19.5. The van der Waals surface area contributed by atoms with Crippen molar-refractivity contribution in [1.82, 2.24) is 20.2 Å². The monoisotopic (exact) mass is 444 g/mol. The highest BCUT2D eigenvalue weighted by atomic mass is 16.5. The van der Waals surface area contributed by atoms with Crippen LogP contribution in [0.3, 0.4) is 0 Å². The Morgan fingerprint density at radius 3 is 2.76 bits per heavy atom. The van der Waals surface area contributed by atoms with Crippen molar-refractivity contribution in [3.05, 3.63) is 89.0 Å². The molecule has 172 valence electrons. The number of hydrogen-bond donors (Lipinski definition) is 1. The van der Waals surface area contributed by atoms with E-state index in [9.17, 15) is 4.79 Å². The van der Waals surface area contributed by atoms with E-state index in [2.05, 4.69) is 45.5 Å². The van der Waals surface area contributed by atoms with Gasteiger partial charge in [0.15, 0.2) is 0 Å². The zero-order chi connectivity index (χ0) is 23.0. The summed E-state index contributed by atoms with van der Waals surface area (Å²) in [5, 5.41) is 2.96. The van der Waals surface area contributed by atoms with Crippen molar-refractivity contribution in [2.45, 2.75) is 38.6 Å². The minimum absolute atomic E-state index is 0.157. The van der Waals surface area contributed by atoms with Crippen molar-refractivity contribution in [3.63, 3.8) is 0 Å². The fraction of sp³-hybridized carbons (Fsp3) is 0.370. The number of aryl methyl sites for hydroxylation is 1. The summed E-state index contributed by atoms with van der Waals surface area (Å²) in [6, 6.07) is 18.3. The highest BCUT2D eigenvalue weighted by Gasteiger charge is 2.24. The molecule has 1 amide bonds. The Hall–Kier alpha value is -3.25. The number of piperidine rings is 1. The second-order valence-electron chi connectivity index (χ2n) is 8.64. The van der Waals surface area contributed by atoms with Crippen LogP contribution in [0.25, 0.3) is 0 Å². The lowest BCUT2D eigenvalue weighted by Crippen LogP contribution is -2.36. The van der Waals surface area contributed by atoms with Gasteiger partial charge in [0, 0.05) is 31.7 Å². The van der Waals surface area contributed by atoms with Crippen LogP contribution < -0.4 is 10.1 Å². The van der Waals surface area contributed by atoms with Crippen molar-refractivity contribution < 1.29 is 9.53 Å². The molecule has 33 heavy (non-hydrogen) atoms. The standard InChI is InChI=1S/C27H32N4O2/c1-20-25(27(32)29-17-22-10-6-12-24(16-22)33-2)18-28-26(30-20)23-11-7-14-31(19-23)15-13-21-8-4-3-5-9-21/h3-6,8-10,12,16,18,23H,7,11,13-15,17,19H2,1-2H3,(H,29,32)/t23-/m0/s1. The molecule has 0 saturated carbocycles. The highest BCUT2D eigenvalue weighted by molar-refractivity contribution is 5.94. The largest absolute Gasteiger partial charge is 0.497 e. The third kappa shape index (κ3) is 6.17. The molecule has 6 heteroatoms. The Morgan fingerprint density at radius 1 is 1.15 bits per heavy atom. The molecule has 1 atom stereocenters. The van der Waals surface area contributed by atoms with Crippen LogP contribution in [0.4, 0.5) is 0 Å². The van der Waals surface area contributed by atoms with E-state index in [0.717, 1.165) is 61.7 Å². The van der Waals surface area contributed by atoms with Crippen LogP contribution >= 0.6 is 0 Å². The van der Waals surface area contributed by atoms with Crippen LogP contribution in [0.1, 0.15) is 51.8 Å². The second kappa shape index (κ2) is 11.1. The van der Waals surface area contributed by atoms with Gasteiger partial charge in [0.2, 0.25) is 0 Å². The molecular weight excluding hydrogens is 412 g/mol. The first-order chi connectivity index (χ1) is 16.1. The second-order valence-corrected chi connectivity index (χ2v) is 8.64. The van der Waals surface area contributed by atoms with Crippen molar-refractivity contribution in [1.29, 1.82) is 0 Å². The minimum Gasteiger partial charge on any atom is -0.497 e. The summed E-state index contributed by atoms with van der Waals surface area (Å²) >= 11 is 0. The van der Waals surface area contributed by atoms with Crippen molar-refractivity contribution >= 4 is 5.91 Å². The third-order valence-corrected chi connectivity index (χ3v) is 6.26. The van der Waals surface area contributed by atoms with E-state index >= 15 is 0 Å². The number of ether oxygens (including phenoxy) is 1. The lowest BCUT2D eigenvalue weighted by atomic mass is 9.96. The molecule has 3 aromatic rings. The molecule has 0 bridgehead atoms. The van der Waals surface area contributed by atoms with Gasteiger partial charge in [-0.1, -0.05) is 42.5 Å². The zero-order valence-corrected chi connectivity index (χ0v) is 19.5. The van der Waals surface area contributed by atoms with E-state index in [1.807, 2.05) is 31.2 Å². The van der Waals surface area contributed by atoms with Gasteiger partial charge in [0.1, 0.15) is 11.6 Å². The van der Waals surface area contributed by atoms with Gasteiger partial charge in [-0.05, 0) is 56.0 Å². The number of rotatable bonds is 8. The number of amides is 1. The lowest BCUT2D eigenvalue weighted by molar-refractivity contribution is 0.0949. The summed E-state index contributed by atoms with van der Waals surface area (Å²) in [6.45, 7) is 5.45. The van der Waals surface area contributed by atoms with E-state index in [4.69, 9.17) is 9.72 Å². The van der Waals surface area contributed by atoms with Crippen molar-refractivity contribution in [2.75, 3.05) is 26.7 Å². The number of methoxy groups -OCH3 is 1. The maximum atomic E-state index is 12.7. The number of nitrogens with one attached hydrogen (secondary N) is 1. The fourth-order valence-corrected chi connectivity index (χ4v) is 4.37. The summed E-state index contributed by atoms with van der Waals surface area (Å²) in [4.78, 5) is 24.6. The molecule has 1 aromatic heterocycles. The van der Waals surface area contributed by atoms with Crippen LogP contribution in [0.2, 0.25) is 0 Å². The Morgan fingerprint density at radius 2 is 1.97 bits per heavy atom. The molecule has 2 heterocycles. The summed E-state index contributed by atoms with van der Waals surface area (Å²) in [5.41, 5.74) is 3.61. The number of likely N-dealkylation sites (tertiary alicyclic amines) is 1. The molecule has 4 rings (SSSR count). The van der Waals surface area contributed by atoms with Crippen molar-refractivity contribution in [2.24, 2.45) is 0 Å². The Balaban J connectivity index is 1.34. The number of carbonyl (C=O) groups excluding carboxylic acids is 1. The Kier molecular flexibility index (Phi) is 7.68. The molecular formula is C27H32N4O2. The SMILES string of the molecule is COc1cccc(CNC(=O)c2cnc([C@H]3CCCN(CCc4ccccc4)C3)nc2C)c1. The van der Waals surface area contributed by atoms with E-state index in [0.29, 0.717) is 18.0 Å². The number of aromatic nitrogens is 2. The van der Waals surface area contributed by atoms with Crippen molar-refractivity contribution in [3.8, 4) is 5.75 Å². The van der Waals surface area contributed by atoms with E-state index in [-0.39, 0.29) is 5.91 Å². The maximum Gasteiger partial charge on any atom is 0.254 e. The molecule has 6 nitrogen and oxygen atoms in total. The molecule has 1 N–H and O–H groups in total. The Labute approximate surface area is 196 Å². The fourth-order valence-electron chi connectivity index (χ4n) is 4.37. The predicted molar refractivity (Wildman–Crippen MR) is 129 cm³/mol.